The van der Waals surface area contributed by atoms with Crippen molar-refractivity contribution in [2.75, 3.05) is 0 Å². The number of hydrogen-bond acceptors (Lipinski definition) is 3. The normalized spacial score (nSPS) is 11.3. The Morgan fingerprint density at radius 1 is 1.26 bits per heavy atom. The van der Waals surface area contributed by atoms with E-state index in [1.54, 1.807) is 4.57 Å². The highest BCUT2D eigenvalue weighted by molar-refractivity contribution is 5.96. The van der Waals surface area contributed by atoms with Crippen LogP contribution in [0.5, 0.6) is 0 Å². The van der Waals surface area contributed by atoms with E-state index in [1.165, 1.54) is 12.3 Å². The van der Waals surface area contributed by atoms with E-state index in [-0.39, 0.29) is 27.5 Å². The number of pyridine rings is 2. The Morgan fingerprint density at radius 2 is 1.96 bits per heavy atom. The van der Waals surface area contributed by atoms with Crippen LogP contribution in [-0.4, -0.2) is 20.6 Å². The molecule has 2 aromatic heterocycles. The Labute approximate surface area is 128 Å². The molecule has 2 heterocycles. The van der Waals surface area contributed by atoms with E-state index in [9.17, 15) is 18.4 Å². The molecule has 0 aliphatic rings. The molecule has 0 aliphatic heterocycles. The van der Waals surface area contributed by atoms with Gasteiger partial charge in [0.1, 0.15) is 11.2 Å². The molecule has 0 saturated carbocycles. The first-order valence-corrected chi connectivity index (χ1v) is 6.98. The highest BCUT2D eigenvalue weighted by Crippen LogP contribution is 2.21. The molecule has 0 unspecified atom stereocenters. The van der Waals surface area contributed by atoms with Crippen LogP contribution in [0.4, 0.5) is 8.78 Å². The summed E-state index contributed by atoms with van der Waals surface area (Å²) >= 11 is 0. The highest BCUT2D eigenvalue weighted by atomic mass is 19.2. The van der Waals surface area contributed by atoms with Crippen LogP contribution in [0.25, 0.3) is 21.9 Å². The molecular formula is C16H12F2N2O3. The minimum atomic E-state index is -1.34. The second-order valence-electron chi connectivity index (χ2n) is 5.19. The summed E-state index contributed by atoms with van der Waals surface area (Å²) in [5.74, 6) is -3.43. The number of aromatic carboxylic acids is 1. The van der Waals surface area contributed by atoms with Crippen molar-refractivity contribution in [3.05, 3.63) is 51.8 Å². The standard InChI is InChI=1S/C16H12F2N2O3/c1-2-3-20-7-10(16(22)23)14(21)9-4-8-5-11(17)12(18)6-13(8)19-15(9)20/h4-7H,2-3H2,1H3,(H,22,23). The second-order valence-corrected chi connectivity index (χ2v) is 5.19. The Morgan fingerprint density at radius 3 is 2.61 bits per heavy atom. The number of hydrogen-bond donors (Lipinski definition) is 1. The van der Waals surface area contributed by atoms with Gasteiger partial charge < -0.3 is 9.67 Å². The van der Waals surface area contributed by atoms with E-state index in [2.05, 4.69) is 4.98 Å². The molecule has 0 bridgehead atoms. The molecule has 0 radical (unpaired) electrons. The molecular weight excluding hydrogens is 306 g/mol. The molecule has 0 spiro atoms. The Hall–Kier alpha value is -2.83. The summed E-state index contributed by atoms with van der Waals surface area (Å²) in [6.45, 7) is 2.33. The van der Waals surface area contributed by atoms with Crippen molar-refractivity contribution in [3.8, 4) is 0 Å². The van der Waals surface area contributed by atoms with Gasteiger partial charge >= 0.3 is 5.97 Å². The fraction of sp³-hybridized carbons (Fsp3) is 0.188. The summed E-state index contributed by atoms with van der Waals surface area (Å²) in [5, 5.41) is 9.47. The average Bonchev–Trinajstić information content (AvgIpc) is 2.50. The molecule has 0 atom stereocenters. The average molecular weight is 318 g/mol. The summed E-state index contributed by atoms with van der Waals surface area (Å²) in [6, 6.07) is 3.24. The lowest BCUT2D eigenvalue weighted by Gasteiger charge is -2.11. The largest absolute Gasteiger partial charge is 0.477 e. The van der Waals surface area contributed by atoms with Gasteiger partial charge in [-0.2, -0.15) is 0 Å². The Balaban J connectivity index is 2.48. The fourth-order valence-corrected chi connectivity index (χ4v) is 2.53. The van der Waals surface area contributed by atoms with Gasteiger partial charge in [-0.3, -0.25) is 4.79 Å². The van der Waals surface area contributed by atoms with Crippen molar-refractivity contribution < 1.29 is 18.7 Å². The van der Waals surface area contributed by atoms with Crippen LogP contribution in [0, 0.1) is 11.6 Å². The smallest absolute Gasteiger partial charge is 0.341 e. The van der Waals surface area contributed by atoms with Gasteiger partial charge in [-0.1, -0.05) is 6.92 Å². The zero-order chi connectivity index (χ0) is 16.7. The maximum Gasteiger partial charge on any atom is 0.341 e. The van der Waals surface area contributed by atoms with Crippen LogP contribution >= 0.6 is 0 Å². The van der Waals surface area contributed by atoms with Gasteiger partial charge in [0.2, 0.25) is 5.43 Å². The van der Waals surface area contributed by atoms with Crippen LogP contribution in [0.2, 0.25) is 0 Å². The highest BCUT2D eigenvalue weighted by Gasteiger charge is 2.16. The molecule has 3 rings (SSSR count). The van der Waals surface area contributed by atoms with E-state index in [1.807, 2.05) is 6.92 Å². The molecule has 0 fully saturated rings. The van der Waals surface area contributed by atoms with E-state index in [4.69, 9.17) is 5.11 Å². The van der Waals surface area contributed by atoms with E-state index in [0.29, 0.717) is 13.0 Å². The first-order chi connectivity index (χ1) is 10.9. The van der Waals surface area contributed by atoms with Crippen molar-refractivity contribution in [3.63, 3.8) is 0 Å². The van der Waals surface area contributed by atoms with E-state index in [0.717, 1.165) is 12.1 Å². The van der Waals surface area contributed by atoms with Gasteiger partial charge in [-0.05, 0) is 18.6 Å². The van der Waals surface area contributed by atoms with Crippen LogP contribution in [0.3, 0.4) is 0 Å². The third-order valence-corrected chi connectivity index (χ3v) is 3.58. The van der Waals surface area contributed by atoms with Crippen LogP contribution in [-0.2, 0) is 6.54 Å². The van der Waals surface area contributed by atoms with Gasteiger partial charge in [0, 0.05) is 24.2 Å². The first-order valence-electron chi connectivity index (χ1n) is 6.98. The Kier molecular flexibility index (Phi) is 3.55. The fourth-order valence-electron chi connectivity index (χ4n) is 2.53. The molecule has 23 heavy (non-hydrogen) atoms. The van der Waals surface area contributed by atoms with Gasteiger partial charge in [-0.25, -0.2) is 18.6 Å². The van der Waals surface area contributed by atoms with Crippen molar-refractivity contribution in [2.45, 2.75) is 19.9 Å². The van der Waals surface area contributed by atoms with Gasteiger partial charge in [-0.15, -0.1) is 0 Å². The molecule has 3 aromatic rings. The molecule has 1 N–H and O–H groups in total. The van der Waals surface area contributed by atoms with Crippen LogP contribution < -0.4 is 5.43 Å². The van der Waals surface area contributed by atoms with Crippen molar-refractivity contribution in [1.29, 1.82) is 0 Å². The summed E-state index contributed by atoms with van der Waals surface area (Å²) in [7, 11) is 0. The third kappa shape index (κ3) is 2.44. The third-order valence-electron chi connectivity index (χ3n) is 3.58. The zero-order valence-corrected chi connectivity index (χ0v) is 12.1. The number of nitrogens with zero attached hydrogens (tertiary/aromatic N) is 2. The molecule has 0 saturated heterocycles. The molecule has 0 amide bonds. The minimum Gasteiger partial charge on any atom is -0.477 e. The number of aryl methyl sites for hydroxylation is 1. The summed E-state index contributed by atoms with van der Waals surface area (Å²) in [4.78, 5) is 27.8. The van der Waals surface area contributed by atoms with Gasteiger partial charge in [0.05, 0.1) is 10.9 Å². The maximum atomic E-state index is 13.4. The van der Waals surface area contributed by atoms with Crippen LogP contribution in [0.1, 0.15) is 23.7 Å². The number of halogens is 2. The number of aromatic nitrogens is 2. The monoisotopic (exact) mass is 318 g/mol. The predicted molar refractivity (Wildman–Crippen MR) is 80.7 cm³/mol. The number of carboxylic acid groups (broad SMARTS) is 1. The summed E-state index contributed by atoms with van der Waals surface area (Å²) in [5.41, 5.74) is -0.627. The Bertz CT molecular complexity index is 1010. The number of carbonyl (C=O) groups is 1. The van der Waals surface area contributed by atoms with Crippen molar-refractivity contribution >= 4 is 27.9 Å². The lowest BCUT2D eigenvalue weighted by molar-refractivity contribution is 0.0695. The minimum absolute atomic E-state index is 0.0665. The first kappa shape index (κ1) is 15.1. The molecule has 0 aliphatic carbocycles. The SMILES string of the molecule is CCCn1cc(C(=O)O)c(=O)c2cc3cc(F)c(F)cc3nc21. The predicted octanol–water partition coefficient (Wildman–Crippen LogP) is 2.94. The number of fused-ring (bicyclic) bond motifs is 2. The number of benzene rings is 1. The topological polar surface area (TPSA) is 72.2 Å². The van der Waals surface area contributed by atoms with Gasteiger partial charge in [0.25, 0.3) is 0 Å². The lowest BCUT2D eigenvalue weighted by atomic mass is 10.1. The summed E-state index contributed by atoms with van der Waals surface area (Å²) in [6.07, 6.45) is 1.92. The van der Waals surface area contributed by atoms with Crippen molar-refractivity contribution in [1.82, 2.24) is 9.55 Å². The quantitative estimate of drug-likeness (QED) is 0.754. The second kappa shape index (κ2) is 5.42. The molecule has 118 valence electrons. The summed E-state index contributed by atoms with van der Waals surface area (Å²) < 4.78 is 28.3. The molecule has 5 nitrogen and oxygen atoms in total. The van der Waals surface area contributed by atoms with E-state index >= 15 is 0 Å². The lowest BCUT2D eigenvalue weighted by Crippen LogP contribution is -2.19. The van der Waals surface area contributed by atoms with Crippen molar-refractivity contribution in [2.24, 2.45) is 0 Å². The molecule has 7 heteroatoms. The number of rotatable bonds is 3. The number of carboxylic acids is 1. The molecule has 1 aromatic carbocycles. The van der Waals surface area contributed by atoms with Gasteiger partial charge in [0.15, 0.2) is 11.6 Å². The maximum absolute atomic E-state index is 13.4. The zero-order valence-electron chi connectivity index (χ0n) is 12.1. The van der Waals surface area contributed by atoms with Crippen LogP contribution in [0.15, 0.2) is 29.2 Å². The van der Waals surface area contributed by atoms with E-state index < -0.39 is 23.0 Å².